The monoisotopic (exact) mass is 388 g/mol. The molecule has 3 unspecified atom stereocenters. The molecule has 2 aliphatic carbocycles. The van der Waals surface area contributed by atoms with Gasteiger partial charge in [0, 0.05) is 19.2 Å². The lowest BCUT2D eigenvalue weighted by Crippen LogP contribution is -2.34. The first-order valence-electron chi connectivity index (χ1n) is 10.0. The van der Waals surface area contributed by atoms with Gasteiger partial charge in [-0.1, -0.05) is 43.5 Å². The Kier molecular flexibility index (Phi) is 4.76. The fourth-order valence-corrected chi connectivity index (χ4v) is 5.25. The smallest absolute Gasteiger partial charge is 0.342 e. The van der Waals surface area contributed by atoms with E-state index in [1.165, 1.54) is 29.1 Å². The van der Waals surface area contributed by atoms with Gasteiger partial charge in [0.05, 0.1) is 0 Å². The van der Waals surface area contributed by atoms with Gasteiger partial charge in [-0.3, -0.25) is 4.68 Å². The molecule has 1 aromatic carbocycles. The van der Waals surface area contributed by atoms with E-state index in [-0.39, 0.29) is 11.5 Å². The van der Waals surface area contributed by atoms with Gasteiger partial charge in [-0.15, -0.1) is 0 Å². The summed E-state index contributed by atoms with van der Waals surface area (Å²) in [4.78, 5) is 13.0. The second kappa shape index (κ2) is 6.98. The van der Waals surface area contributed by atoms with Crippen LogP contribution >= 0.6 is 0 Å². The van der Waals surface area contributed by atoms with E-state index in [4.69, 9.17) is 4.74 Å². The number of alkyl halides is 2. The average molecular weight is 388 g/mol. The van der Waals surface area contributed by atoms with Crippen LogP contribution in [0.4, 0.5) is 8.78 Å². The standard InChI is InChI=1S/C22H26F2N2O2/c1-4-5-6-17-14-9-10-22(17,18-8-7-13(2)11-15(14)18)28-21(27)16-12-26(3)25-19(16)20(23)24/h7-8,11-12,14,17,20H,4-6,9-10H2,1-3H3. The summed E-state index contributed by atoms with van der Waals surface area (Å²) >= 11 is 0. The minimum absolute atomic E-state index is 0.134. The minimum Gasteiger partial charge on any atom is -0.450 e. The molecule has 0 spiro atoms. The normalized spacial score (nSPS) is 25.4. The van der Waals surface area contributed by atoms with Gasteiger partial charge < -0.3 is 4.74 Å². The SMILES string of the molecule is CCCCC1C2CCC1(OC(=O)c1cn(C)nc1C(F)F)c1ccc(C)cc12. The number of carbonyl (C=O) groups is 1. The predicted octanol–water partition coefficient (Wildman–Crippen LogP) is 5.42. The van der Waals surface area contributed by atoms with Gasteiger partial charge in [-0.05, 0) is 43.2 Å². The molecule has 4 nitrogen and oxygen atoms in total. The number of esters is 1. The molecule has 3 atom stereocenters. The first-order chi connectivity index (χ1) is 13.4. The third kappa shape index (κ3) is 2.85. The van der Waals surface area contributed by atoms with E-state index < -0.39 is 23.7 Å². The number of fused-ring (bicyclic) bond motifs is 5. The molecule has 1 heterocycles. The Morgan fingerprint density at radius 2 is 2.21 bits per heavy atom. The molecule has 1 aromatic heterocycles. The van der Waals surface area contributed by atoms with Crippen LogP contribution in [0, 0.1) is 12.8 Å². The number of unbranched alkanes of at least 4 members (excludes halogenated alkanes) is 1. The van der Waals surface area contributed by atoms with Crippen molar-refractivity contribution in [3.8, 4) is 0 Å². The van der Waals surface area contributed by atoms with E-state index in [1.54, 1.807) is 0 Å². The van der Waals surface area contributed by atoms with Gasteiger partial charge in [0.1, 0.15) is 16.9 Å². The van der Waals surface area contributed by atoms with Crippen molar-refractivity contribution < 1.29 is 18.3 Å². The van der Waals surface area contributed by atoms with Crippen molar-refractivity contribution in [2.45, 2.75) is 63.9 Å². The molecule has 0 radical (unpaired) electrons. The van der Waals surface area contributed by atoms with Gasteiger partial charge >= 0.3 is 5.97 Å². The molecule has 0 saturated heterocycles. The summed E-state index contributed by atoms with van der Waals surface area (Å²) in [5, 5.41) is 3.76. The summed E-state index contributed by atoms with van der Waals surface area (Å²) < 4.78 is 34.1. The van der Waals surface area contributed by atoms with E-state index in [2.05, 4.69) is 31.1 Å². The van der Waals surface area contributed by atoms with Crippen LogP contribution in [0.5, 0.6) is 0 Å². The van der Waals surface area contributed by atoms with Crippen molar-refractivity contribution in [2.24, 2.45) is 13.0 Å². The second-order valence-electron chi connectivity index (χ2n) is 8.17. The van der Waals surface area contributed by atoms with Crippen molar-refractivity contribution in [3.05, 3.63) is 52.3 Å². The molecule has 0 amide bonds. The van der Waals surface area contributed by atoms with E-state index in [0.29, 0.717) is 5.92 Å². The van der Waals surface area contributed by atoms with Gasteiger partial charge in [0.15, 0.2) is 0 Å². The number of hydrogen-bond donors (Lipinski definition) is 0. The number of ether oxygens (including phenoxy) is 1. The van der Waals surface area contributed by atoms with Crippen molar-refractivity contribution >= 4 is 5.97 Å². The van der Waals surface area contributed by atoms with E-state index >= 15 is 0 Å². The predicted molar refractivity (Wildman–Crippen MR) is 101 cm³/mol. The Balaban J connectivity index is 1.73. The lowest BCUT2D eigenvalue weighted by Gasteiger charge is -2.33. The quantitative estimate of drug-likeness (QED) is 0.621. The van der Waals surface area contributed by atoms with Crippen molar-refractivity contribution in [1.29, 1.82) is 0 Å². The fourth-order valence-electron chi connectivity index (χ4n) is 5.25. The summed E-state index contributed by atoms with van der Waals surface area (Å²) in [5.41, 5.74) is 2.16. The van der Waals surface area contributed by atoms with E-state index in [9.17, 15) is 13.6 Å². The molecular formula is C22H26F2N2O2. The molecule has 0 N–H and O–H groups in total. The fraction of sp³-hybridized carbons (Fsp3) is 0.545. The maximum atomic E-state index is 13.3. The molecule has 28 heavy (non-hydrogen) atoms. The largest absolute Gasteiger partial charge is 0.450 e. The van der Waals surface area contributed by atoms with Crippen LogP contribution < -0.4 is 0 Å². The molecule has 4 rings (SSSR count). The third-order valence-electron chi connectivity index (χ3n) is 6.40. The number of aryl methyl sites for hydroxylation is 2. The summed E-state index contributed by atoms with van der Waals surface area (Å²) in [7, 11) is 1.53. The van der Waals surface area contributed by atoms with E-state index in [0.717, 1.165) is 37.7 Å². The summed E-state index contributed by atoms with van der Waals surface area (Å²) in [6.45, 7) is 4.22. The van der Waals surface area contributed by atoms with Crippen molar-refractivity contribution in [1.82, 2.24) is 9.78 Å². The summed E-state index contributed by atoms with van der Waals surface area (Å²) in [6, 6.07) is 6.30. The third-order valence-corrected chi connectivity index (χ3v) is 6.40. The molecule has 1 fully saturated rings. The van der Waals surface area contributed by atoms with Gasteiger partial charge in [0.25, 0.3) is 6.43 Å². The zero-order valence-electron chi connectivity index (χ0n) is 16.5. The second-order valence-corrected chi connectivity index (χ2v) is 8.17. The Bertz CT molecular complexity index is 908. The molecule has 2 aromatic rings. The Labute approximate surface area is 163 Å². The van der Waals surface area contributed by atoms with Gasteiger partial charge in [-0.25, -0.2) is 13.6 Å². The number of carbonyl (C=O) groups excluding carboxylic acids is 1. The van der Waals surface area contributed by atoms with Crippen LogP contribution in [0.3, 0.4) is 0 Å². The molecule has 150 valence electrons. The summed E-state index contributed by atoms with van der Waals surface area (Å²) in [6.07, 6.45) is 3.33. The van der Waals surface area contributed by atoms with E-state index in [1.807, 2.05) is 6.07 Å². The first kappa shape index (κ1) is 19.1. The molecule has 0 aliphatic heterocycles. The van der Waals surface area contributed by atoms with Crippen molar-refractivity contribution in [2.75, 3.05) is 0 Å². The molecule has 2 bridgehead atoms. The number of nitrogens with zero attached hydrogens (tertiary/aromatic N) is 2. The Hall–Kier alpha value is -2.24. The first-order valence-corrected chi connectivity index (χ1v) is 10.0. The lowest BCUT2D eigenvalue weighted by molar-refractivity contribution is -0.0417. The van der Waals surface area contributed by atoms with Crippen LogP contribution in [0.25, 0.3) is 0 Å². The maximum absolute atomic E-state index is 13.3. The zero-order valence-corrected chi connectivity index (χ0v) is 16.5. The molecule has 1 saturated carbocycles. The highest BCUT2D eigenvalue weighted by Crippen LogP contribution is 2.63. The van der Waals surface area contributed by atoms with Crippen LogP contribution in [0.1, 0.15) is 84.1 Å². The number of hydrogen-bond acceptors (Lipinski definition) is 3. The molecular weight excluding hydrogens is 362 g/mol. The maximum Gasteiger partial charge on any atom is 0.342 e. The lowest BCUT2D eigenvalue weighted by atomic mass is 9.85. The highest BCUT2D eigenvalue weighted by molar-refractivity contribution is 5.91. The number of benzene rings is 1. The summed E-state index contributed by atoms with van der Waals surface area (Å²) in [5.74, 6) is -0.114. The van der Waals surface area contributed by atoms with Gasteiger partial charge in [-0.2, -0.15) is 5.10 Å². The average Bonchev–Trinajstić information content (AvgIpc) is 3.28. The number of rotatable bonds is 6. The Morgan fingerprint density at radius 1 is 1.43 bits per heavy atom. The van der Waals surface area contributed by atoms with Crippen LogP contribution in [0.15, 0.2) is 24.4 Å². The van der Waals surface area contributed by atoms with Crippen LogP contribution in [-0.4, -0.2) is 15.7 Å². The zero-order chi connectivity index (χ0) is 20.1. The van der Waals surface area contributed by atoms with Crippen molar-refractivity contribution in [3.63, 3.8) is 0 Å². The topological polar surface area (TPSA) is 44.1 Å². The van der Waals surface area contributed by atoms with Crippen LogP contribution in [0.2, 0.25) is 0 Å². The highest BCUT2D eigenvalue weighted by Gasteiger charge is 2.59. The Morgan fingerprint density at radius 3 is 2.93 bits per heavy atom. The minimum atomic E-state index is -2.81. The van der Waals surface area contributed by atoms with Crippen LogP contribution in [-0.2, 0) is 17.4 Å². The molecule has 2 aliphatic rings. The molecule has 6 heteroatoms. The highest BCUT2D eigenvalue weighted by atomic mass is 19.3. The number of halogens is 2. The van der Waals surface area contributed by atoms with Gasteiger partial charge in [0.2, 0.25) is 0 Å². The number of aromatic nitrogens is 2.